The van der Waals surface area contributed by atoms with Crippen molar-refractivity contribution in [3.63, 3.8) is 0 Å². The molecule has 4 rings (SSSR count). The molecule has 27 heavy (non-hydrogen) atoms. The molecule has 1 atom stereocenters. The Morgan fingerprint density at radius 2 is 1.89 bits per heavy atom. The Morgan fingerprint density at radius 3 is 2.59 bits per heavy atom. The molecule has 142 valence electrons. The van der Waals surface area contributed by atoms with Crippen LogP contribution >= 0.6 is 0 Å². The van der Waals surface area contributed by atoms with E-state index in [9.17, 15) is 19.2 Å². The molecule has 3 heterocycles. The summed E-state index contributed by atoms with van der Waals surface area (Å²) < 4.78 is 0. The number of nitrogens with one attached hydrogen (secondary N) is 1. The Kier molecular flexibility index (Phi) is 4.43. The summed E-state index contributed by atoms with van der Waals surface area (Å²) in [5.74, 6) is -1.34. The zero-order valence-corrected chi connectivity index (χ0v) is 14.9. The van der Waals surface area contributed by atoms with Crippen molar-refractivity contribution in [2.75, 3.05) is 24.5 Å². The Morgan fingerprint density at radius 1 is 1.11 bits per heavy atom. The van der Waals surface area contributed by atoms with Gasteiger partial charge in [-0.1, -0.05) is 6.07 Å². The van der Waals surface area contributed by atoms with E-state index in [1.54, 1.807) is 12.1 Å². The van der Waals surface area contributed by atoms with Crippen LogP contribution in [0.2, 0.25) is 0 Å². The Hall–Kier alpha value is -2.74. The van der Waals surface area contributed by atoms with Gasteiger partial charge in [-0.15, -0.1) is 0 Å². The maximum atomic E-state index is 13.0. The first kappa shape index (κ1) is 17.7. The topological polar surface area (TPSA) is 113 Å². The molecule has 1 aromatic rings. The van der Waals surface area contributed by atoms with Crippen molar-refractivity contribution >= 4 is 29.3 Å². The van der Waals surface area contributed by atoms with Crippen molar-refractivity contribution in [1.29, 1.82) is 0 Å². The minimum atomic E-state index is -0.934. The first-order chi connectivity index (χ1) is 13.0. The summed E-state index contributed by atoms with van der Waals surface area (Å²) in [6.45, 7) is 2.33. The third-order valence-electron chi connectivity index (χ3n) is 5.56. The maximum absolute atomic E-state index is 13.0. The summed E-state index contributed by atoms with van der Waals surface area (Å²) in [6.07, 6.45) is 2.31. The lowest BCUT2D eigenvalue weighted by Gasteiger charge is -2.42. The van der Waals surface area contributed by atoms with E-state index in [1.165, 1.54) is 0 Å². The van der Waals surface area contributed by atoms with E-state index in [0.717, 1.165) is 36.5 Å². The number of imide groups is 2. The largest absolute Gasteiger partial charge is 0.370 e. The molecule has 1 aromatic carbocycles. The third kappa shape index (κ3) is 2.90. The number of piperidine rings is 1. The van der Waals surface area contributed by atoms with E-state index in [2.05, 4.69) is 10.2 Å². The number of carbonyl (C=O) groups excluding carboxylic acids is 4. The zero-order chi connectivity index (χ0) is 19.1. The second kappa shape index (κ2) is 6.77. The lowest BCUT2D eigenvalue weighted by molar-refractivity contribution is -0.136. The molecule has 3 aliphatic rings. The molecule has 0 aliphatic carbocycles. The van der Waals surface area contributed by atoms with Crippen LogP contribution < -0.4 is 16.0 Å². The summed E-state index contributed by atoms with van der Waals surface area (Å²) in [4.78, 5) is 52.5. The van der Waals surface area contributed by atoms with E-state index in [4.69, 9.17) is 5.73 Å². The zero-order valence-electron chi connectivity index (χ0n) is 14.9. The summed E-state index contributed by atoms with van der Waals surface area (Å²) >= 11 is 0. The quantitative estimate of drug-likeness (QED) is 0.719. The van der Waals surface area contributed by atoms with E-state index in [0.29, 0.717) is 23.6 Å². The average molecular weight is 370 g/mol. The number of rotatable bonds is 5. The van der Waals surface area contributed by atoms with Crippen LogP contribution in [0.15, 0.2) is 18.2 Å². The van der Waals surface area contributed by atoms with Gasteiger partial charge in [0.15, 0.2) is 0 Å². The number of amides is 4. The molecule has 2 saturated heterocycles. The normalized spacial score (nSPS) is 22.8. The SMILES string of the molecule is NCCCC1CN(c2cccc3c2C(=O)N(C2CCC(=O)NC2=O)C3=O)C1. The first-order valence-corrected chi connectivity index (χ1v) is 9.31. The standard InChI is InChI=1S/C19H22N4O4/c20-8-2-3-11-9-22(10-11)13-5-1-4-12-16(13)19(27)23(18(12)26)14-6-7-15(24)21-17(14)25/h1,4-5,11,14H,2-3,6-10,20H2,(H,21,24,25). The van der Waals surface area contributed by atoms with Crippen LogP contribution in [0.1, 0.15) is 46.4 Å². The lowest BCUT2D eigenvalue weighted by atomic mass is 9.92. The summed E-state index contributed by atoms with van der Waals surface area (Å²) in [6, 6.07) is 4.30. The van der Waals surface area contributed by atoms with Crippen molar-refractivity contribution < 1.29 is 19.2 Å². The number of hydrogen-bond acceptors (Lipinski definition) is 6. The van der Waals surface area contributed by atoms with Gasteiger partial charge in [0.25, 0.3) is 11.8 Å². The molecule has 8 heteroatoms. The van der Waals surface area contributed by atoms with E-state index < -0.39 is 23.8 Å². The van der Waals surface area contributed by atoms with Crippen LogP contribution in [0.3, 0.4) is 0 Å². The number of nitrogens with zero attached hydrogens (tertiary/aromatic N) is 2. The van der Waals surface area contributed by atoms with Crippen molar-refractivity contribution in [1.82, 2.24) is 10.2 Å². The molecule has 2 fully saturated rings. The number of carbonyl (C=O) groups is 4. The number of anilines is 1. The average Bonchev–Trinajstić information content (AvgIpc) is 2.86. The number of benzene rings is 1. The van der Waals surface area contributed by atoms with E-state index in [1.807, 2.05) is 6.07 Å². The molecular formula is C19H22N4O4. The van der Waals surface area contributed by atoms with E-state index >= 15 is 0 Å². The number of nitrogens with two attached hydrogens (primary N) is 1. The first-order valence-electron chi connectivity index (χ1n) is 9.31. The van der Waals surface area contributed by atoms with Gasteiger partial charge in [-0.05, 0) is 43.9 Å². The summed E-state index contributed by atoms with van der Waals surface area (Å²) in [7, 11) is 0. The van der Waals surface area contributed by atoms with Crippen LogP contribution in [0.4, 0.5) is 5.69 Å². The van der Waals surface area contributed by atoms with Gasteiger partial charge in [0.2, 0.25) is 11.8 Å². The molecule has 0 aromatic heterocycles. The summed E-state index contributed by atoms with van der Waals surface area (Å²) in [5, 5.41) is 2.21. The molecule has 0 saturated carbocycles. The summed E-state index contributed by atoms with van der Waals surface area (Å²) in [5.41, 5.74) is 6.99. The van der Waals surface area contributed by atoms with Gasteiger partial charge in [0, 0.05) is 19.5 Å². The number of fused-ring (bicyclic) bond motifs is 1. The second-order valence-corrected chi connectivity index (χ2v) is 7.35. The van der Waals surface area contributed by atoms with Crippen molar-refractivity contribution in [2.45, 2.75) is 31.7 Å². The van der Waals surface area contributed by atoms with Gasteiger partial charge < -0.3 is 10.6 Å². The van der Waals surface area contributed by atoms with Gasteiger partial charge in [0.1, 0.15) is 6.04 Å². The highest BCUT2D eigenvalue weighted by Gasteiger charge is 2.46. The predicted molar refractivity (Wildman–Crippen MR) is 97.1 cm³/mol. The maximum Gasteiger partial charge on any atom is 0.264 e. The highest BCUT2D eigenvalue weighted by atomic mass is 16.2. The predicted octanol–water partition coefficient (Wildman–Crippen LogP) is 0.263. The van der Waals surface area contributed by atoms with Crippen molar-refractivity contribution in [3.05, 3.63) is 29.3 Å². The van der Waals surface area contributed by atoms with Crippen LogP contribution in [-0.2, 0) is 9.59 Å². The van der Waals surface area contributed by atoms with Crippen LogP contribution in [0.5, 0.6) is 0 Å². The number of hydrogen-bond donors (Lipinski definition) is 2. The Labute approximate surface area is 156 Å². The molecule has 0 spiro atoms. The highest BCUT2D eigenvalue weighted by Crippen LogP contribution is 2.37. The van der Waals surface area contributed by atoms with Crippen LogP contribution in [0.25, 0.3) is 0 Å². The fraction of sp³-hybridized carbons (Fsp3) is 0.474. The van der Waals surface area contributed by atoms with Crippen LogP contribution in [-0.4, -0.2) is 54.2 Å². The van der Waals surface area contributed by atoms with Gasteiger partial charge >= 0.3 is 0 Å². The van der Waals surface area contributed by atoms with Gasteiger partial charge in [-0.2, -0.15) is 0 Å². The van der Waals surface area contributed by atoms with Crippen molar-refractivity contribution in [2.24, 2.45) is 11.7 Å². The second-order valence-electron chi connectivity index (χ2n) is 7.35. The lowest BCUT2D eigenvalue weighted by Crippen LogP contribution is -2.54. The molecule has 4 amide bonds. The van der Waals surface area contributed by atoms with Gasteiger partial charge in [-0.3, -0.25) is 29.4 Å². The molecule has 0 bridgehead atoms. The monoisotopic (exact) mass is 370 g/mol. The Bertz CT molecular complexity index is 831. The van der Waals surface area contributed by atoms with Crippen molar-refractivity contribution in [3.8, 4) is 0 Å². The minimum absolute atomic E-state index is 0.117. The molecular weight excluding hydrogens is 348 g/mol. The molecule has 3 N–H and O–H groups in total. The van der Waals surface area contributed by atoms with Gasteiger partial charge in [-0.25, -0.2) is 0 Å². The molecule has 8 nitrogen and oxygen atoms in total. The molecule has 1 unspecified atom stereocenters. The fourth-order valence-electron chi connectivity index (χ4n) is 4.12. The Balaban J connectivity index is 1.57. The molecule has 0 radical (unpaired) electrons. The third-order valence-corrected chi connectivity index (χ3v) is 5.56. The minimum Gasteiger partial charge on any atom is -0.370 e. The van der Waals surface area contributed by atoms with E-state index in [-0.39, 0.29) is 18.7 Å². The molecule has 3 aliphatic heterocycles. The van der Waals surface area contributed by atoms with Gasteiger partial charge in [0.05, 0.1) is 16.8 Å². The highest BCUT2D eigenvalue weighted by molar-refractivity contribution is 6.25. The van der Waals surface area contributed by atoms with Crippen LogP contribution in [0, 0.1) is 5.92 Å². The smallest absolute Gasteiger partial charge is 0.264 e. The fourth-order valence-corrected chi connectivity index (χ4v) is 4.12.